The molecule has 3 heteroatoms. The maximum atomic E-state index is 15.3. The molecule has 35 heavy (non-hydrogen) atoms. The number of aryl methyl sites for hydroxylation is 1. The normalized spacial score (nSPS) is 18.5. The molecule has 0 spiro atoms. The van der Waals surface area contributed by atoms with Gasteiger partial charge in [0.05, 0.1) is 5.39 Å². The molecular weight excluding hydrogens is 435 g/mol. The van der Waals surface area contributed by atoms with Crippen LogP contribution in [0.2, 0.25) is 0 Å². The van der Waals surface area contributed by atoms with Crippen LogP contribution in [0.1, 0.15) is 121 Å². The van der Waals surface area contributed by atoms with Crippen molar-refractivity contribution in [1.29, 1.82) is 0 Å². The quantitative estimate of drug-likeness (QED) is 0.147. The zero-order valence-corrected chi connectivity index (χ0v) is 21.8. The molecule has 1 heterocycles. The Morgan fingerprint density at radius 2 is 1.49 bits per heavy atom. The highest BCUT2D eigenvalue weighted by molar-refractivity contribution is 6.04. The van der Waals surface area contributed by atoms with Crippen LogP contribution in [0.4, 0.5) is 4.39 Å². The molecule has 0 amide bonds. The summed E-state index contributed by atoms with van der Waals surface area (Å²) in [5, 5.41) is 2.09. The van der Waals surface area contributed by atoms with E-state index in [0.29, 0.717) is 28.7 Å². The molecule has 1 fully saturated rings. The van der Waals surface area contributed by atoms with Crippen LogP contribution in [-0.2, 0) is 6.42 Å². The maximum absolute atomic E-state index is 15.3. The lowest BCUT2D eigenvalue weighted by Gasteiger charge is -2.28. The van der Waals surface area contributed by atoms with Gasteiger partial charge in [-0.15, -0.1) is 0 Å². The topological polar surface area (TPSA) is 30.2 Å². The summed E-state index contributed by atoms with van der Waals surface area (Å²) < 4.78 is 20.9. The van der Waals surface area contributed by atoms with Gasteiger partial charge < -0.3 is 4.42 Å². The van der Waals surface area contributed by atoms with Crippen molar-refractivity contribution in [3.63, 3.8) is 0 Å². The maximum Gasteiger partial charge on any atom is 0.344 e. The first-order chi connectivity index (χ1) is 17.1. The summed E-state index contributed by atoms with van der Waals surface area (Å²) in [6, 6.07) is 10.0. The lowest BCUT2D eigenvalue weighted by Crippen LogP contribution is -2.13. The number of halogens is 1. The Kier molecular flexibility index (Phi) is 9.40. The largest absolute Gasteiger partial charge is 0.419 e. The minimum absolute atomic E-state index is 0.118. The van der Waals surface area contributed by atoms with Crippen LogP contribution in [-0.4, -0.2) is 0 Å². The first-order valence-corrected chi connectivity index (χ1v) is 14.3. The van der Waals surface area contributed by atoms with E-state index in [1.807, 2.05) is 24.3 Å². The zero-order valence-electron chi connectivity index (χ0n) is 21.8. The van der Waals surface area contributed by atoms with E-state index < -0.39 is 5.63 Å². The molecule has 0 unspecified atom stereocenters. The molecule has 190 valence electrons. The number of rotatable bonds is 12. The fourth-order valence-corrected chi connectivity index (χ4v) is 6.11. The van der Waals surface area contributed by atoms with Gasteiger partial charge in [-0.2, -0.15) is 0 Å². The van der Waals surface area contributed by atoms with Crippen molar-refractivity contribution in [2.45, 2.75) is 116 Å². The Balaban J connectivity index is 1.46. The molecule has 0 N–H and O–H groups in total. The second kappa shape index (κ2) is 12.7. The highest BCUT2D eigenvalue weighted by Crippen LogP contribution is 2.38. The minimum Gasteiger partial charge on any atom is -0.419 e. The predicted molar refractivity (Wildman–Crippen MR) is 146 cm³/mol. The van der Waals surface area contributed by atoms with E-state index in [1.165, 1.54) is 82.6 Å². The van der Waals surface area contributed by atoms with Gasteiger partial charge in [-0.25, -0.2) is 9.18 Å². The summed E-state index contributed by atoms with van der Waals surface area (Å²) in [7, 11) is 0. The van der Waals surface area contributed by atoms with Crippen molar-refractivity contribution in [2.75, 3.05) is 0 Å². The van der Waals surface area contributed by atoms with Crippen molar-refractivity contribution in [3.8, 4) is 0 Å². The van der Waals surface area contributed by atoms with Gasteiger partial charge in [-0.05, 0) is 67.6 Å². The average Bonchev–Trinajstić information content (AvgIpc) is 2.88. The third kappa shape index (κ3) is 6.35. The highest BCUT2D eigenvalue weighted by Gasteiger charge is 2.23. The predicted octanol–water partition coefficient (Wildman–Crippen LogP) is 9.84. The number of hydrogen-bond donors (Lipinski definition) is 0. The lowest BCUT2D eigenvalue weighted by molar-refractivity contribution is 0.308. The monoisotopic (exact) mass is 478 g/mol. The molecule has 1 aliphatic rings. The zero-order chi connectivity index (χ0) is 24.6. The van der Waals surface area contributed by atoms with Gasteiger partial charge in [-0.1, -0.05) is 95.9 Å². The molecule has 0 aliphatic heterocycles. The van der Waals surface area contributed by atoms with Crippen molar-refractivity contribution in [1.82, 2.24) is 0 Å². The van der Waals surface area contributed by atoms with Crippen LogP contribution in [0.3, 0.4) is 0 Å². The van der Waals surface area contributed by atoms with E-state index in [2.05, 4.69) is 19.9 Å². The van der Waals surface area contributed by atoms with Gasteiger partial charge in [0.25, 0.3) is 0 Å². The Bertz CT molecular complexity index is 1150. The minimum atomic E-state index is -0.419. The van der Waals surface area contributed by atoms with Gasteiger partial charge >= 0.3 is 5.63 Å². The Labute approximate surface area is 210 Å². The molecule has 2 nitrogen and oxygen atoms in total. The van der Waals surface area contributed by atoms with Gasteiger partial charge in [0, 0.05) is 10.8 Å². The summed E-state index contributed by atoms with van der Waals surface area (Å²) in [4.78, 5) is 12.9. The van der Waals surface area contributed by atoms with Crippen LogP contribution in [0.25, 0.3) is 21.7 Å². The van der Waals surface area contributed by atoms with Crippen LogP contribution in [0.5, 0.6) is 0 Å². The number of fused-ring (bicyclic) bond motifs is 3. The van der Waals surface area contributed by atoms with E-state index in [0.717, 1.165) is 24.1 Å². The first-order valence-electron chi connectivity index (χ1n) is 14.3. The smallest absolute Gasteiger partial charge is 0.344 e. The van der Waals surface area contributed by atoms with Crippen molar-refractivity contribution in [2.24, 2.45) is 5.92 Å². The van der Waals surface area contributed by atoms with E-state index >= 15 is 4.39 Å². The van der Waals surface area contributed by atoms with Crippen molar-refractivity contribution >= 4 is 21.7 Å². The van der Waals surface area contributed by atoms with Crippen molar-refractivity contribution < 1.29 is 8.81 Å². The molecule has 0 saturated heterocycles. The van der Waals surface area contributed by atoms with Crippen molar-refractivity contribution in [3.05, 3.63) is 57.7 Å². The average molecular weight is 479 g/mol. The fraction of sp³-hybridized carbons (Fsp3) is 0.594. The highest BCUT2D eigenvalue weighted by atomic mass is 19.1. The summed E-state index contributed by atoms with van der Waals surface area (Å²) in [5.74, 6) is 1.00. The molecule has 2 aromatic carbocycles. The van der Waals surface area contributed by atoms with E-state index in [-0.39, 0.29) is 11.4 Å². The Hall–Kier alpha value is -2.16. The molecule has 1 aliphatic carbocycles. The van der Waals surface area contributed by atoms with E-state index in [1.54, 1.807) is 0 Å². The summed E-state index contributed by atoms with van der Waals surface area (Å²) in [6.45, 7) is 4.50. The number of unbranched alkanes of at least 4 members (excludes halogenated alkanes) is 7. The molecule has 1 saturated carbocycles. The lowest BCUT2D eigenvalue weighted by atomic mass is 9.77. The SMILES string of the molecule is CCCCCCCCCCc1ccc2c(oc(=O)c3cc(C4CCC(CCC)CC4)ccc32)c1F. The third-order valence-corrected chi connectivity index (χ3v) is 8.24. The Morgan fingerprint density at radius 3 is 2.20 bits per heavy atom. The summed E-state index contributed by atoms with van der Waals surface area (Å²) in [5.41, 5.74) is 1.59. The molecule has 0 bridgehead atoms. The summed E-state index contributed by atoms with van der Waals surface area (Å²) in [6.07, 6.45) is 18.0. The van der Waals surface area contributed by atoms with Crippen LogP contribution in [0, 0.1) is 11.7 Å². The second-order valence-corrected chi connectivity index (χ2v) is 10.8. The number of hydrogen-bond acceptors (Lipinski definition) is 2. The van der Waals surface area contributed by atoms with E-state index in [4.69, 9.17) is 4.42 Å². The third-order valence-electron chi connectivity index (χ3n) is 8.24. The van der Waals surface area contributed by atoms with Gasteiger partial charge in [0.15, 0.2) is 11.4 Å². The number of benzene rings is 2. The standard InChI is InChI=1S/C32H43FO2/c1-3-5-6-7-8-9-10-11-13-25-18-21-28-27-20-19-26(24-16-14-23(12-4-2)15-17-24)22-29(27)32(34)35-31(28)30(25)33/h18-24H,3-17H2,1-2H3. The van der Waals surface area contributed by atoms with Crippen LogP contribution < -0.4 is 5.63 Å². The van der Waals surface area contributed by atoms with Gasteiger partial charge in [0.1, 0.15) is 0 Å². The fourth-order valence-electron chi connectivity index (χ4n) is 6.11. The van der Waals surface area contributed by atoms with E-state index in [9.17, 15) is 4.79 Å². The Morgan fingerprint density at radius 1 is 0.800 bits per heavy atom. The van der Waals surface area contributed by atoms with Gasteiger partial charge in [0.2, 0.25) is 0 Å². The molecule has 1 aromatic heterocycles. The van der Waals surface area contributed by atoms with Gasteiger partial charge in [-0.3, -0.25) is 0 Å². The molecule has 0 radical (unpaired) electrons. The molecular formula is C32H43FO2. The van der Waals surface area contributed by atoms with Crippen LogP contribution in [0.15, 0.2) is 39.5 Å². The van der Waals surface area contributed by atoms with Crippen LogP contribution >= 0.6 is 0 Å². The molecule has 3 aromatic rings. The summed E-state index contributed by atoms with van der Waals surface area (Å²) >= 11 is 0. The first kappa shape index (κ1) is 25.9. The second-order valence-electron chi connectivity index (χ2n) is 10.8. The molecule has 4 rings (SSSR count). The molecule has 0 atom stereocenters.